The average Bonchev–Trinajstić information content (AvgIpc) is 3.04. The minimum atomic E-state index is -0.286. The number of hydrogen-bond acceptors (Lipinski definition) is 4. The maximum atomic E-state index is 12.4. The zero-order valence-electron chi connectivity index (χ0n) is 16.4. The standard InChI is InChI=1S/C23H22Cl2N4O/c24-17-7-10-19(20(25)15-17)23(30)26-18-8-5-16(6-9-18)21-11-12-22(28-27-21)29-13-3-1-2-4-14-29/h5-12,15H,1-4,13-14H2,(H,26,30). The number of nitrogens with one attached hydrogen (secondary N) is 1. The van der Waals surface area contributed by atoms with Crippen molar-refractivity contribution in [3.05, 3.63) is 70.2 Å². The molecule has 1 aliphatic rings. The number of anilines is 2. The lowest BCUT2D eigenvalue weighted by Gasteiger charge is -2.20. The minimum Gasteiger partial charge on any atom is -0.355 e. The summed E-state index contributed by atoms with van der Waals surface area (Å²) in [7, 11) is 0. The van der Waals surface area contributed by atoms with E-state index in [-0.39, 0.29) is 5.91 Å². The molecule has 2 aromatic carbocycles. The highest BCUT2D eigenvalue weighted by Crippen LogP contribution is 2.24. The lowest BCUT2D eigenvalue weighted by Crippen LogP contribution is -2.25. The summed E-state index contributed by atoms with van der Waals surface area (Å²) in [6.45, 7) is 2.08. The van der Waals surface area contributed by atoms with Gasteiger partial charge in [-0.3, -0.25) is 4.79 Å². The quantitative estimate of drug-likeness (QED) is 0.533. The van der Waals surface area contributed by atoms with E-state index in [2.05, 4.69) is 20.4 Å². The predicted molar refractivity (Wildman–Crippen MR) is 123 cm³/mol. The molecule has 0 bridgehead atoms. The van der Waals surface area contributed by atoms with Crippen LogP contribution in [0.15, 0.2) is 54.6 Å². The van der Waals surface area contributed by atoms with Gasteiger partial charge in [0.1, 0.15) is 0 Å². The predicted octanol–water partition coefficient (Wildman–Crippen LogP) is 6.08. The molecule has 3 aromatic rings. The molecule has 1 N–H and O–H groups in total. The van der Waals surface area contributed by atoms with Gasteiger partial charge in [-0.05, 0) is 55.3 Å². The van der Waals surface area contributed by atoms with Gasteiger partial charge in [-0.25, -0.2) is 0 Å². The molecule has 0 unspecified atom stereocenters. The number of hydrogen-bond donors (Lipinski definition) is 1. The molecule has 1 amide bonds. The lowest BCUT2D eigenvalue weighted by atomic mass is 10.1. The first-order valence-corrected chi connectivity index (χ1v) is 10.8. The molecule has 1 aliphatic heterocycles. The fraction of sp³-hybridized carbons (Fsp3) is 0.261. The summed E-state index contributed by atoms with van der Waals surface area (Å²) in [5.74, 6) is 0.649. The van der Waals surface area contributed by atoms with Gasteiger partial charge in [0.25, 0.3) is 5.91 Å². The smallest absolute Gasteiger partial charge is 0.257 e. The zero-order valence-corrected chi connectivity index (χ0v) is 18.0. The van der Waals surface area contributed by atoms with Crippen molar-refractivity contribution in [1.29, 1.82) is 0 Å². The van der Waals surface area contributed by atoms with Crippen molar-refractivity contribution in [3.63, 3.8) is 0 Å². The third-order valence-corrected chi connectivity index (χ3v) is 5.74. The van der Waals surface area contributed by atoms with Crippen LogP contribution in [0.3, 0.4) is 0 Å². The fourth-order valence-corrected chi connectivity index (χ4v) is 4.04. The Kier molecular flexibility index (Phi) is 6.50. The van der Waals surface area contributed by atoms with E-state index >= 15 is 0 Å². The van der Waals surface area contributed by atoms with Crippen LogP contribution in [-0.2, 0) is 0 Å². The summed E-state index contributed by atoms with van der Waals surface area (Å²) < 4.78 is 0. The van der Waals surface area contributed by atoms with Crippen LogP contribution in [-0.4, -0.2) is 29.2 Å². The van der Waals surface area contributed by atoms with E-state index in [4.69, 9.17) is 23.2 Å². The van der Waals surface area contributed by atoms with E-state index < -0.39 is 0 Å². The maximum absolute atomic E-state index is 12.4. The number of aromatic nitrogens is 2. The molecule has 0 aliphatic carbocycles. The van der Waals surface area contributed by atoms with Crippen LogP contribution in [0.4, 0.5) is 11.5 Å². The summed E-state index contributed by atoms with van der Waals surface area (Å²) in [4.78, 5) is 14.8. The van der Waals surface area contributed by atoms with Crippen LogP contribution < -0.4 is 10.2 Å². The van der Waals surface area contributed by atoms with Gasteiger partial charge in [-0.2, -0.15) is 0 Å². The summed E-state index contributed by atoms with van der Waals surface area (Å²) in [6.07, 6.45) is 4.99. The highest BCUT2D eigenvalue weighted by atomic mass is 35.5. The molecule has 2 heterocycles. The third-order valence-electron chi connectivity index (χ3n) is 5.19. The molecule has 0 saturated carbocycles. The van der Waals surface area contributed by atoms with Gasteiger partial charge in [0.05, 0.1) is 16.3 Å². The Morgan fingerprint density at radius 3 is 2.23 bits per heavy atom. The number of benzene rings is 2. The van der Waals surface area contributed by atoms with Gasteiger partial charge in [0.15, 0.2) is 5.82 Å². The maximum Gasteiger partial charge on any atom is 0.257 e. The van der Waals surface area contributed by atoms with Gasteiger partial charge in [-0.15, -0.1) is 10.2 Å². The molecule has 154 valence electrons. The van der Waals surface area contributed by atoms with E-state index in [1.54, 1.807) is 18.2 Å². The molecule has 0 atom stereocenters. The number of rotatable bonds is 4. The van der Waals surface area contributed by atoms with Gasteiger partial charge < -0.3 is 10.2 Å². The Bertz CT molecular complexity index is 1010. The van der Waals surface area contributed by atoms with Crippen molar-refractivity contribution in [3.8, 4) is 11.3 Å². The van der Waals surface area contributed by atoms with Crippen molar-refractivity contribution in [2.24, 2.45) is 0 Å². The van der Waals surface area contributed by atoms with E-state index in [0.717, 1.165) is 30.2 Å². The molecule has 1 fully saturated rings. The van der Waals surface area contributed by atoms with Crippen LogP contribution in [0.25, 0.3) is 11.3 Å². The Balaban J connectivity index is 1.43. The number of carbonyl (C=O) groups is 1. The summed E-state index contributed by atoms with van der Waals surface area (Å²) in [5.41, 5.74) is 2.78. The van der Waals surface area contributed by atoms with Crippen molar-refractivity contribution >= 4 is 40.6 Å². The number of amides is 1. The first-order chi connectivity index (χ1) is 14.6. The topological polar surface area (TPSA) is 58.1 Å². The van der Waals surface area contributed by atoms with Crippen LogP contribution in [0.2, 0.25) is 10.0 Å². The van der Waals surface area contributed by atoms with Crippen LogP contribution in [0, 0.1) is 0 Å². The highest BCUT2D eigenvalue weighted by molar-refractivity contribution is 6.37. The SMILES string of the molecule is O=C(Nc1ccc(-c2ccc(N3CCCCCC3)nn2)cc1)c1ccc(Cl)cc1Cl. The van der Waals surface area contributed by atoms with Gasteiger partial charge in [-0.1, -0.05) is 48.2 Å². The van der Waals surface area contributed by atoms with Crippen LogP contribution in [0.5, 0.6) is 0 Å². The number of nitrogens with zero attached hydrogens (tertiary/aromatic N) is 3. The van der Waals surface area contributed by atoms with Crippen LogP contribution in [0.1, 0.15) is 36.0 Å². The summed E-state index contributed by atoms with van der Waals surface area (Å²) in [6, 6.07) is 16.3. The second-order valence-corrected chi connectivity index (χ2v) is 8.18. The van der Waals surface area contributed by atoms with Gasteiger partial charge in [0, 0.05) is 29.4 Å². The van der Waals surface area contributed by atoms with Gasteiger partial charge >= 0.3 is 0 Å². The molecule has 30 heavy (non-hydrogen) atoms. The molecular weight excluding hydrogens is 419 g/mol. The second-order valence-electron chi connectivity index (χ2n) is 7.33. The van der Waals surface area contributed by atoms with Gasteiger partial charge in [0.2, 0.25) is 0 Å². The first-order valence-electron chi connectivity index (χ1n) is 10.1. The largest absolute Gasteiger partial charge is 0.355 e. The highest BCUT2D eigenvalue weighted by Gasteiger charge is 2.13. The Labute approximate surface area is 186 Å². The van der Waals surface area contributed by atoms with E-state index in [1.165, 1.54) is 25.7 Å². The monoisotopic (exact) mass is 440 g/mol. The van der Waals surface area contributed by atoms with E-state index in [0.29, 0.717) is 21.3 Å². The zero-order chi connectivity index (χ0) is 20.9. The van der Waals surface area contributed by atoms with Crippen molar-refractivity contribution in [1.82, 2.24) is 10.2 Å². The molecule has 5 nitrogen and oxygen atoms in total. The fourth-order valence-electron chi connectivity index (χ4n) is 3.54. The van der Waals surface area contributed by atoms with E-state index in [1.807, 2.05) is 36.4 Å². The Hall–Kier alpha value is -2.63. The minimum absolute atomic E-state index is 0.286. The van der Waals surface area contributed by atoms with Crippen molar-refractivity contribution in [2.75, 3.05) is 23.3 Å². The second kappa shape index (κ2) is 9.45. The van der Waals surface area contributed by atoms with Crippen molar-refractivity contribution < 1.29 is 4.79 Å². The molecule has 0 spiro atoms. The summed E-state index contributed by atoms with van der Waals surface area (Å²) >= 11 is 12.0. The third kappa shape index (κ3) is 4.91. The van der Waals surface area contributed by atoms with Crippen LogP contribution >= 0.6 is 23.2 Å². The normalized spacial score (nSPS) is 14.3. The number of carbonyl (C=O) groups excluding carboxylic acids is 1. The molecule has 7 heteroatoms. The molecule has 1 saturated heterocycles. The number of halogens is 2. The molecule has 0 radical (unpaired) electrons. The molecular formula is C23H22Cl2N4O. The van der Waals surface area contributed by atoms with Crippen molar-refractivity contribution in [2.45, 2.75) is 25.7 Å². The Morgan fingerprint density at radius 2 is 1.60 bits per heavy atom. The molecule has 1 aromatic heterocycles. The van der Waals surface area contributed by atoms with E-state index in [9.17, 15) is 4.79 Å². The molecule has 4 rings (SSSR count). The Morgan fingerprint density at radius 1 is 0.867 bits per heavy atom. The average molecular weight is 441 g/mol. The first kappa shape index (κ1) is 20.6. The lowest BCUT2D eigenvalue weighted by molar-refractivity contribution is 0.102. The summed E-state index contributed by atoms with van der Waals surface area (Å²) in [5, 5.41) is 12.5.